The summed E-state index contributed by atoms with van der Waals surface area (Å²) < 4.78 is 11.4. The minimum absolute atomic E-state index is 0.0562. The quantitative estimate of drug-likeness (QED) is 0.730. The van der Waals surface area contributed by atoms with Crippen molar-refractivity contribution in [2.75, 3.05) is 26.4 Å². The molecule has 16 heavy (non-hydrogen) atoms. The second kappa shape index (κ2) is 5.99. The van der Waals surface area contributed by atoms with Crippen LogP contribution in [0.5, 0.6) is 0 Å². The van der Waals surface area contributed by atoms with E-state index in [1.165, 1.54) is 19.3 Å². The smallest absolute Gasteiger partial charge is 0.0951 e. The fourth-order valence-electron chi connectivity index (χ4n) is 2.75. The van der Waals surface area contributed by atoms with Crippen LogP contribution in [0.2, 0.25) is 0 Å². The number of hydrogen-bond acceptors (Lipinski definition) is 3. The lowest BCUT2D eigenvalue weighted by Gasteiger charge is -2.37. The van der Waals surface area contributed by atoms with Crippen molar-refractivity contribution >= 4 is 0 Å². The molecule has 2 rings (SSSR count). The maximum absolute atomic E-state index is 5.92. The summed E-state index contributed by atoms with van der Waals surface area (Å²) in [4.78, 5) is 0. The molecule has 0 aliphatic carbocycles. The summed E-state index contributed by atoms with van der Waals surface area (Å²) in [6.45, 7) is 5.99. The van der Waals surface area contributed by atoms with Crippen molar-refractivity contribution in [1.82, 2.24) is 5.32 Å². The number of hydrogen-bond donors (Lipinski definition) is 1. The molecular formula is C13H25NO2. The van der Waals surface area contributed by atoms with Gasteiger partial charge < -0.3 is 14.8 Å². The molecule has 3 heteroatoms. The lowest BCUT2D eigenvalue weighted by Crippen LogP contribution is -2.47. The Balaban J connectivity index is 1.70. The number of ether oxygens (including phenoxy) is 2. The van der Waals surface area contributed by atoms with Gasteiger partial charge >= 0.3 is 0 Å². The van der Waals surface area contributed by atoms with Crippen molar-refractivity contribution < 1.29 is 9.47 Å². The first-order valence-corrected chi connectivity index (χ1v) is 6.80. The molecule has 2 aliphatic rings. The number of rotatable bonds is 5. The summed E-state index contributed by atoms with van der Waals surface area (Å²) in [6, 6.07) is 0.646. The van der Waals surface area contributed by atoms with Gasteiger partial charge in [0.15, 0.2) is 0 Å². The Kier molecular flexibility index (Phi) is 4.62. The first-order chi connectivity index (χ1) is 7.85. The molecular weight excluding hydrogens is 202 g/mol. The van der Waals surface area contributed by atoms with E-state index >= 15 is 0 Å². The third-order valence-electron chi connectivity index (χ3n) is 3.77. The molecule has 0 bridgehead atoms. The predicted molar refractivity (Wildman–Crippen MR) is 64.7 cm³/mol. The van der Waals surface area contributed by atoms with Crippen LogP contribution in [-0.4, -0.2) is 38.0 Å². The van der Waals surface area contributed by atoms with Crippen LogP contribution < -0.4 is 5.32 Å². The molecule has 0 radical (unpaired) electrons. The van der Waals surface area contributed by atoms with Crippen LogP contribution in [0.4, 0.5) is 0 Å². The van der Waals surface area contributed by atoms with Crippen molar-refractivity contribution in [2.24, 2.45) is 0 Å². The largest absolute Gasteiger partial charge is 0.378 e. The predicted octanol–water partition coefficient (Wildman–Crippen LogP) is 2.10. The third-order valence-corrected chi connectivity index (χ3v) is 3.77. The molecule has 2 saturated heterocycles. The van der Waals surface area contributed by atoms with Crippen molar-refractivity contribution in [3.8, 4) is 0 Å². The minimum atomic E-state index is 0.0562. The summed E-state index contributed by atoms with van der Waals surface area (Å²) in [5.74, 6) is 0. The summed E-state index contributed by atoms with van der Waals surface area (Å²) in [7, 11) is 0. The maximum Gasteiger partial charge on any atom is 0.0951 e. The van der Waals surface area contributed by atoms with Crippen LogP contribution in [-0.2, 0) is 9.47 Å². The van der Waals surface area contributed by atoms with Gasteiger partial charge in [-0.05, 0) is 25.8 Å². The van der Waals surface area contributed by atoms with Gasteiger partial charge in [-0.3, -0.25) is 0 Å². The van der Waals surface area contributed by atoms with Gasteiger partial charge in [-0.15, -0.1) is 0 Å². The molecule has 0 amide bonds. The molecule has 0 aromatic carbocycles. The molecule has 1 spiro atoms. The maximum atomic E-state index is 5.92. The van der Waals surface area contributed by atoms with E-state index in [1.54, 1.807) is 0 Å². The van der Waals surface area contributed by atoms with E-state index in [1.807, 2.05) is 0 Å². The molecule has 2 unspecified atom stereocenters. The van der Waals surface area contributed by atoms with Crippen molar-refractivity contribution in [3.05, 3.63) is 0 Å². The zero-order chi connectivity index (χ0) is 11.3. The molecule has 2 atom stereocenters. The van der Waals surface area contributed by atoms with Gasteiger partial charge in [-0.25, -0.2) is 0 Å². The second-order valence-electron chi connectivity index (χ2n) is 5.19. The fraction of sp³-hybridized carbons (Fsp3) is 1.00. The number of unbranched alkanes of at least 4 members (excludes halogenated alkanes) is 2. The zero-order valence-corrected chi connectivity index (χ0v) is 10.5. The van der Waals surface area contributed by atoms with Crippen LogP contribution in [0.15, 0.2) is 0 Å². The van der Waals surface area contributed by atoms with E-state index in [-0.39, 0.29) is 5.60 Å². The first-order valence-electron chi connectivity index (χ1n) is 6.80. The lowest BCUT2D eigenvalue weighted by molar-refractivity contribution is -0.0892. The van der Waals surface area contributed by atoms with E-state index in [0.717, 1.165) is 45.6 Å². The molecule has 3 nitrogen and oxygen atoms in total. The lowest BCUT2D eigenvalue weighted by atomic mass is 9.89. The van der Waals surface area contributed by atoms with E-state index in [9.17, 15) is 0 Å². The molecule has 0 aromatic rings. The summed E-state index contributed by atoms with van der Waals surface area (Å²) >= 11 is 0. The van der Waals surface area contributed by atoms with Gasteiger partial charge in [0, 0.05) is 25.7 Å². The average Bonchev–Trinajstić information content (AvgIpc) is 2.73. The van der Waals surface area contributed by atoms with Crippen LogP contribution in [0.3, 0.4) is 0 Å². The molecule has 2 heterocycles. The van der Waals surface area contributed by atoms with Gasteiger partial charge in [-0.2, -0.15) is 0 Å². The van der Waals surface area contributed by atoms with E-state index in [0.29, 0.717) is 6.04 Å². The standard InChI is InChI=1S/C13H25NO2/c1-2-3-4-7-14-12-5-8-16-13(10-12)6-9-15-11-13/h12,14H,2-11H2,1H3. The molecule has 0 aromatic heterocycles. The average molecular weight is 227 g/mol. The van der Waals surface area contributed by atoms with Gasteiger partial charge in [0.2, 0.25) is 0 Å². The highest BCUT2D eigenvalue weighted by Gasteiger charge is 2.40. The number of nitrogens with one attached hydrogen (secondary N) is 1. The van der Waals surface area contributed by atoms with E-state index in [4.69, 9.17) is 9.47 Å². The molecule has 2 aliphatic heterocycles. The molecule has 2 fully saturated rings. The Morgan fingerprint density at radius 1 is 1.31 bits per heavy atom. The summed E-state index contributed by atoms with van der Waals surface area (Å²) in [6.07, 6.45) is 7.32. The molecule has 94 valence electrons. The Hall–Kier alpha value is -0.120. The Bertz CT molecular complexity index is 202. The topological polar surface area (TPSA) is 30.5 Å². The van der Waals surface area contributed by atoms with Gasteiger partial charge in [0.1, 0.15) is 0 Å². The zero-order valence-electron chi connectivity index (χ0n) is 10.5. The van der Waals surface area contributed by atoms with Crippen molar-refractivity contribution in [3.63, 3.8) is 0 Å². The van der Waals surface area contributed by atoms with Crippen molar-refractivity contribution in [2.45, 2.75) is 57.1 Å². The summed E-state index contributed by atoms with van der Waals surface area (Å²) in [5.41, 5.74) is 0.0562. The second-order valence-corrected chi connectivity index (χ2v) is 5.19. The van der Waals surface area contributed by atoms with E-state index < -0.39 is 0 Å². The van der Waals surface area contributed by atoms with Crippen LogP contribution in [0, 0.1) is 0 Å². The van der Waals surface area contributed by atoms with Crippen molar-refractivity contribution in [1.29, 1.82) is 0 Å². The minimum Gasteiger partial charge on any atom is -0.378 e. The van der Waals surface area contributed by atoms with Gasteiger partial charge in [0.05, 0.1) is 12.2 Å². The highest BCUT2D eigenvalue weighted by molar-refractivity contribution is 4.92. The fourth-order valence-corrected chi connectivity index (χ4v) is 2.75. The summed E-state index contributed by atoms with van der Waals surface area (Å²) in [5, 5.41) is 3.67. The Labute approximate surface area is 98.9 Å². The SMILES string of the molecule is CCCCCNC1CCOC2(CCOC2)C1. The third kappa shape index (κ3) is 3.19. The van der Waals surface area contributed by atoms with Gasteiger partial charge in [0.25, 0.3) is 0 Å². The molecule has 1 N–H and O–H groups in total. The Morgan fingerprint density at radius 3 is 3.00 bits per heavy atom. The first kappa shape index (κ1) is 12.3. The van der Waals surface area contributed by atoms with Gasteiger partial charge in [-0.1, -0.05) is 19.8 Å². The van der Waals surface area contributed by atoms with Crippen LogP contribution >= 0.6 is 0 Å². The normalized spacial score (nSPS) is 34.7. The highest BCUT2D eigenvalue weighted by atomic mass is 16.6. The van der Waals surface area contributed by atoms with Crippen LogP contribution in [0.25, 0.3) is 0 Å². The highest BCUT2D eigenvalue weighted by Crippen LogP contribution is 2.32. The van der Waals surface area contributed by atoms with Crippen LogP contribution in [0.1, 0.15) is 45.4 Å². The monoisotopic (exact) mass is 227 g/mol. The molecule has 0 saturated carbocycles. The van der Waals surface area contributed by atoms with E-state index in [2.05, 4.69) is 12.2 Å². The Morgan fingerprint density at radius 2 is 2.25 bits per heavy atom.